The lowest BCUT2D eigenvalue weighted by molar-refractivity contribution is -0.123. The first-order chi connectivity index (χ1) is 14.8. The predicted octanol–water partition coefficient (Wildman–Crippen LogP) is 3.83. The summed E-state index contributed by atoms with van der Waals surface area (Å²) in [6.45, 7) is 11.5. The van der Waals surface area contributed by atoms with Gasteiger partial charge in [-0.3, -0.25) is 9.69 Å². The van der Waals surface area contributed by atoms with E-state index in [2.05, 4.69) is 35.9 Å². The van der Waals surface area contributed by atoms with Crippen molar-refractivity contribution >= 4 is 11.6 Å². The molecule has 0 atom stereocenters. The third-order valence-corrected chi connectivity index (χ3v) is 5.63. The lowest BCUT2D eigenvalue weighted by Gasteiger charge is -2.36. The predicted molar refractivity (Wildman–Crippen MR) is 123 cm³/mol. The number of hydrogen-bond donors (Lipinski definition) is 1. The van der Waals surface area contributed by atoms with E-state index in [1.165, 1.54) is 11.6 Å². The minimum atomic E-state index is -0.161. The molecule has 1 aliphatic rings. The van der Waals surface area contributed by atoms with E-state index in [1.54, 1.807) is 6.07 Å². The fourth-order valence-corrected chi connectivity index (χ4v) is 3.70. The van der Waals surface area contributed by atoms with E-state index in [-0.39, 0.29) is 23.7 Å². The molecule has 0 aliphatic carbocycles. The number of amides is 1. The highest BCUT2D eigenvalue weighted by atomic mass is 19.1. The van der Waals surface area contributed by atoms with Crippen LogP contribution in [0.2, 0.25) is 0 Å². The zero-order valence-electron chi connectivity index (χ0n) is 18.9. The Balaban J connectivity index is 1.29. The summed E-state index contributed by atoms with van der Waals surface area (Å²) in [6.07, 6.45) is 0.881. The van der Waals surface area contributed by atoms with Crippen molar-refractivity contribution in [3.63, 3.8) is 0 Å². The monoisotopic (exact) mass is 427 g/mol. The minimum absolute atomic E-state index is 0.0240. The second-order valence-electron chi connectivity index (χ2n) is 9.05. The maximum absolute atomic E-state index is 13.9. The van der Waals surface area contributed by atoms with Crippen molar-refractivity contribution in [2.24, 2.45) is 0 Å². The van der Waals surface area contributed by atoms with Crippen LogP contribution < -0.4 is 15.0 Å². The highest BCUT2D eigenvalue weighted by molar-refractivity contribution is 5.77. The number of piperazine rings is 1. The van der Waals surface area contributed by atoms with Gasteiger partial charge < -0.3 is 15.0 Å². The molecule has 0 aromatic heterocycles. The largest absolute Gasteiger partial charge is 0.484 e. The first-order valence-electron chi connectivity index (χ1n) is 11.0. The smallest absolute Gasteiger partial charge is 0.257 e. The molecule has 168 valence electrons. The summed E-state index contributed by atoms with van der Waals surface area (Å²) in [7, 11) is 0. The number of nitrogens with zero attached hydrogens (tertiary/aromatic N) is 2. The molecule has 0 bridgehead atoms. The van der Waals surface area contributed by atoms with Gasteiger partial charge in [-0.1, -0.05) is 45.0 Å². The molecule has 0 saturated carbocycles. The number of hydrogen-bond acceptors (Lipinski definition) is 4. The van der Waals surface area contributed by atoms with Crippen LogP contribution in [0.5, 0.6) is 5.75 Å². The van der Waals surface area contributed by atoms with Crippen molar-refractivity contribution in [2.75, 3.05) is 50.8 Å². The molecule has 1 saturated heterocycles. The van der Waals surface area contributed by atoms with Gasteiger partial charge in [-0.2, -0.15) is 0 Å². The van der Waals surface area contributed by atoms with Gasteiger partial charge in [-0.15, -0.1) is 0 Å². The van der Waals surface area contributed by atoms with Gasteiger partial charge in [0.15, 0.2) is 6.61 Å². The fourth-order valence-electron chi connectivity index (χ4n) is 3.70. The van der Waals surface area contributed by atoms with Gasteiger partial charge in [0.25, 0.3) is 5.91 Å². The van der Waals surface area contributed by atoms with E-state index < -0.39 is 0 Å². The van der Waals surface area contributed by atoms with Crippen LogP contribution in [0.3, 0.4) is 0 Å². The third kappa shape index (κ3) is 6.96. The number of anilines is 1. The second kappa shape index (κ2) is 10.6. The van der Waals surface area contributed by atoms with Crippen LogP contribution in [0, 0.1) is 5.82 Å². The quantitative estimate of drug-likeness (QED) is 0.651. The van der Waals surface area contributed by atoms with Crippen molar-refractivity contribution in [3.05, 3.63) is 59.9 Å². The van der Waals surface area contributed by atoms with Crippen molar-refractivity contribution in [1.29, 1.82) is 0 Å². The van der Waals surface area contributed by atoms with E-state index in [0.29, 0.717) is 18.0 Å². The van der Waals surface area contributed by atoms with Crippen molar-refractivity contribution < 1.29 is 13.9 Å². The van der Waals surface area contributed by atoms with Gasteiger partial charge in [0, 0.05) is 32.7 Å². The molecule has 0 spiro atoms. The Kier molecular flexibility index (Phi) is 7.91. The number of benzene rings is 2. The lowest BCUT2D eigenvalue weighted by Crippen LogP contribution is -2.47. The van der Waals surface area contributed by atoms with Gasteiger partial charge in [0.2, 0.25) is 0 Å². The molecule has 2 aromatic rings. The van der Waals surface area contributed by atoms with Gasteiger partial charge in [0.1, 0.15) is 11.6 Å². The summed E-state index contributed by atoms with van der Waals surface area (Å²) in [5.41, 5.74) is 2.02. The summed E-state index contributed by atoms with van der Waals surface area (Å²) >= 11 is 0. The van der Waals surface area contributed by atoms with E-state index in [4.69, 9.17) is 4.74 Å². The number of rotatable bonds is 8. The summed E-state index contributed by atoms with van der Waals surface area (Å²) in [5, 5.41) is 2.92. The maximum Gasteiger partial charge on any atom is 0.257 e. The number of nitrogens with one attached hydrogen (secondary N) is 1. The zero-order valence-corrected chi connectivity index (χ0v) is 18.9. The standard InChI is InChI=1S/C25H34FN3O2/c1-25(2,3)20-9-11-21(12-10-20)31-19-24(30)27-13-6-14-28-15-17-29(18-16-28)23-8-5-4-7-22(23)26/h4-5,7-12H,6,13-19H2,1-3H3,(H,27,30). The summed E-state index contributed by atoms with van der Waals surface area (Å²) in [6, 6.07) is 14.8. The molecular formula is C25H34FN3O2. The van der Waals surface area contributed by atoms with Crippen LogP contribution in [0.4, 0.5) is 10.1 Å². The fraction of sp³-hybridized carbons (Fsp3) is 0.480. The molecule has 31 heavy (non-hydrogen) atoms. The Morgan fingerprint density at radius 1 is 1.03 bits per heavy atom. The lowest BCUT2D eigenvalue weighted by atomic mass is 9.87. The van der Waals surface area contributed by atoms with Gasteiger partial charge in [0.05, 0.1) is 5.69 Å². The molecule has 1 N–H and O–H groups in total. The Bertz CT molecular complexity index is 841. The highest BCUT2D eigenvalue weighted by Crippen LogP contribution is 2.24. The molecule has 5 nitrogen and oxygen atoms in total. The number of carbonyl (C=O) groups is 1. The normalized spacial score (nSPS) is 15.0. The maximum atomic E-state index is 13.9. The van der Waals surface area contributed by atoms with Crippen LogP contribution in [-0.4, -0.2) is 56.7 Å². The van der Waals surface area contributed by atoms with Crippen LogP contribution in [0.1, 0.15) is 32.8 Å². The molecule has 3 rings (SSSR count). The topological polar surface area (TPSA) is 44.8 Å². The van der Waals surface area contributed by atoms with Crippen LogP contribution in [-0.2, 0) is 10.2 Å². The van der Waals surface area contributed by atoms with Gasteiger partial charge in [-0.05, 0) is 48.2 Å². The average Bonchev–Trinajstić information content (AvgIpc) is 2.76. The first kappa shape index (κ1) is 23.1. The highest BCUT2D eigenvalue weighted by Gasteiger charge is 2.19. The molecular weight excluding hydrogens is 393 g/mol. The summed E-state index contributed by atoms with van der Waals surface area (Å²) in [5.74, 6) is 0.436. The number of ether oxygens (including phenoxy) is 1. The molecule has 0 radical (unpaired) electrons. The number of halogens is 1. The summed E-state index contributed by atoms with van der Waals surface area (Å²) < 4.78 is 19.5. The van der Waals surface area contributed by atoms with Crippen LogP contribution in [0.15, 0.2) is 48.5 Å². The molecule has 2 aromatic carbocycles. The summed E-state index contributed by atoms with van der Waals surface area (Å²) in [4.78, 5) is 16.5. The minimum Gasteiger partial charge on any atom is -0.484 e. The van der Waals surface area contributed by atoms with E-state index in [1.807, 2.05) is 36.4 Å². The molecule has 1 aliphatic heterocycles. The third-order valence-electron chi connectivity index (χ3n) is 5.63. The van der Waals surface area contributed by atoms with E-state index >= 15 is 0 Å². The number of para-hydroxylation sites is 1. The molecule has 1 fully saturated rings. The zero-order chi connectivity index (χ0) is 22.3. The van der Waals surface area contributed by atoms with Gasteiger partial charge in [-0.25, -0.2) is 4.39 Å². The van der Waals surface area contributed by atoms with Crippen LogP contribution in [0.25, 0.3) is 0 Å². The van der Waals surface area contributed by atoms with E-state index in [0.717, 1.165) is 39.1 Å². The SMILES string of the molecule is CC(C)(C)c1ccc(OCC(=O)NCCCN2CCN(c3ccccc3F)CC2)cc1. The van der Waals surface area contributed by atoms with Crippen molar-refractivity contribution in [3.8, 4) is 5.75 Å². The van der Waals surface area contributed by atoms with Crippen LogP contribution >= 0.6 is 0 Å². The Morgan fingerprint density at radius 2 is 1.71 bits per heavy atom. The van der Waals surface area contributed by atoms with Gasteiger partial charge >= 0.3 is 0 Å². The van der Waals surface area contributed by atoms with Crippen molar-refractivity contribution in [1.82, 2.24) is 10.2 Å². The molecule has 0 unspecified atom stereocenters. The van der Waals surface area contributed by atoms with Crippen molar-refractivity contribution in [2.45, 2.75) is 32.6 Å². The molecule has 6 heteroatoms. The Morgan fingerprint density at radius 3 is 2.35 bits per heavy atom. The second-order valence-corrected chi connectivity index (χ2v) is 9.05. The Hall–Kier alpha value is -2.60. The number of carbonyl (C=O) groups excluding carboxylic acids is 1. The molecule has 1 heterocycles. The average molecular weight is 428 g/mol. The molecule has 1 amide bonds. The van der Waals surface area contributed by atoms with E-state index in [9.17, 15) is 9.18 Å². The Labute approximate surface area is 185 Å². The first-order valence-corrected chi connectivity index (χ1v) is 11.0.